The summed E-state index contributed by atoms with van der Waals surface area (Å²) in [6.45, 7) is 1.95. The first-order valence-corrected chi connectivity index (χ1v) is 6.82. The molecule has 1 heterocycles. The van der Waals surface area contributed by atoms with E-state index in [4.69, 9.17) is 9.47 Å². The predicted molar refractivity (Wildman–Crippen MR) is 74.6 cm³/mol. The van der Waals surface area contributed by atoms with Crippen molar-refractivity contribution in [2.75, 3.05) is 13.7 Å². The lowest BCUT2D eigenvalue weighted by Crippen LogP contribution is -2.56. The monoisotopic (exact) mass is 293 g/mol. The number of benzene rings is 1. The maximum atomic E-state index is 12.6. The molecule has 1 N–H and O–H groups in total. The molecular formula is C15H19NO5. The van der Waals surface area contributed by atoms with Crippen LogP contribution in [0.25, 0.3) is 0 Å². The first kappa shape index (κ1) is 15.5. The number of amides is 1. The van der Waals surface area contributed by atoms with Crippen molar-refractivity contribution >= 4 is 11.9 Å². The Labute approximate surface area is 123 Å². The van der Waals surface area contributed by atoms with Crippen LogP contribution in [-0.4, -0.2) is 47.6 Å². The number of rotatable bonds is 5. The van der Waals surface area contributed by atoms with Crippen LogP contribution in [0.5, 0.6) is 0 Å². The van der Waals surface area contributed by atoms with Gasteiger partial charge in [-0.2, -0.15) is 0 Å². The summed E-state index contributed by atoms with van der Waals surface area (Å²) in [4.78, 5) is 25.6. The van der Waals surface area contributed by atoms with Gasteiger partial charge < -0.3 is 19.5 Å². The van der Waals surface area contributed by atoms with Crippen molar-refractivity contribution in [2.24, 2.45) is 0 Å². The van der Waals surface area contributed by atoms with Crippen molar-refractivity contribution in [2.45, 2.75) is 31.8 Å². The average Bonchev–Trinajstić information content (AvgIpc) is 2.92. The van der Waals surface area contributed by atoms with E-state index in [-0.39, 0.29) is 12.3 Å². The fraction of sp³-hybridized carbons (Fsp3) is 0.467. The van der Waals surface area contributed by atoms with E-state index in [1.165, 1.54) is 12.0 Å². The Bertz CT molecular complexity index is 518. The first-order valence-electron chi connectivity index (χ1n) is 6.82. The molecule has 0 radical (unpaired) electrons. The maximum absolute atomic E-state index is 12.6. The van der Waals surface area contributed by atoms with Gasteiger partial charge in [-0.05, 0) is 25.5 Å². The lowest BCUT2D eigenvalue weighted by atomic mass is 10.1. The molecule has 1 fully saturated rings. The molecule has 1 aliphatic heterocycles. The number of carboxylic acids is 1. The number of carbonyl (C=O) groups is 2. The van der Waals surface area contributed by atoms with Crippen molar-refractivity contribution in [1.82, 2.24) is 4.90 Å². The highest BCUT2D eigenvalue weighted by atomic mass is 16.7. The number of ether oxygens (including phenoxy) is 2. The minimum absolute atomic E-state index is 0.245. The van der Waals surface area contributed by atoms with Crippen molar-refractivity contribution in [3.05, 3.63) is 35.9 Å². The Kier molecular flexibility index (Phi) is 4.59. The van der Waals surface area contributed by atoms with Crippen LogP contribution in [0.1, 0.15) is 30.1 Å². The van der Waals surface area contributed by atoms with Gasteiger partial charge in [0.2, 0.25) is 5.72 Å². The SMILES string of the molecule is COC(C)OC1(C(=O)O)CCCN1C(=O)c1ccccc1. The van der Waals surface area contributed by atoms with Crippen LogP contribution in [0.3, 0.4) is 0 Å². The molecule has 6 nitrogen and oxygen atoms in total. The lowest BCUT2D eigenvalue weighted by molar-refractivity contribution is -0.234. The molecule has 2 rings (SSSR count). The van der Waals surface area contributed by atoms with Gasteiger partial charge in [-0.1, -0.05) is 18.2 Å². The summed E-state index contributed by atoms with van der Waals surface area (Å²) >= 11 is 0. The highest BCUT2D eigenvalue weighted by Crippen LogP contribution is 2.33. The molecule has 21 heavy (non-hydrogen) atoms. The topological polar surface area (TPSA) is 76.1 Å². The molecule has 2 atom stereocenters. The summed E-state index contributed by atoms with van der Waals surface area (Å²) in [5.41, 5.74) is -1.22. The van der Waals surface area contributed by atoms with Crippen molar-refractivity contribution in [1.29, 1.82) is 0 Å². The highest BCUT2D eigenvalue weighted by Gasteiger charge is 2.52. The zero-order valence-corrected chi connectivity index (χ0v) is 12.1. The van der Waals surface area contributed by atoms with Crippen LogP contribution >= 0.6 is 0 Å². The molecule has 1 amide bonds. The predicted octanol–water partition coefficient (Wildman–Crippen LogP) is 1.71. The zero-order valence-electron chi connectivity index (χ0n) is 12.1. The molecule has 2 unspecified atom stereocenters. The number of hydrogen-bond donors (Lipinski definition) is 1. The Morgan fingerprint density at radius 2 is 2.00 bits per heavy atom. The summed E-state index contributed by atoms with van der Waals surface area (Å²) in [6.07, 6.45) is 0.0981. The van der Waals surface area contributed by atoms with Crippen LogP contribution in [0.2, 0.25) is 0 Å². The van der Waals surface area contributed by atoms with Gasteiger partial charge in [0.25, 0.3) is 5.91 Å². The number of hydrogen-bond acceptors (Lipinski definition) is 4. The third-order valence-corrected chi connectivity index (χ3v) is 3.63. The Hall–Kier alpha value is -1.92. The quantitative estimate of drug-likeness (QED) is 0.836. The van der Waals surface area contributed by atoms with Gasteiger partial charge in [-0.3, -0.25) is 4.79 Å². The second kappa shape index (κ2) is 6.24. The average molecular weight is 293 g/mol. The van der Waals surface area contributed by atoms with Gasteiger partial charge in [0, 0.05) is 25.6 Å². The molecule has 1 saturated heterocycles. The van der Waals surface area contributed by atoms with Crippen LogP contribution in [0, 0.1) is 0 Å². The molecule has 114 valence electrons. The van der Waals surface area contributed by atoms with Crippen LogP contribution < -0.4 is 0 Å². The second-order valence-electron chi connectivity index (χ2n) is 4.94. The molecule has 1 aromatic rings. The first-order chi connectivity index (χ1) is 10.0. The largest absolute Gasteiger partial charge is 0.478 e. The van der Waals surface area contributed by atoms with Crippen molar-refractivity contribution < 1.29 is 24.2 Å². The summed E-state index contributed by atoms with van der Waals surface area (Å²) < 4.78 is 10.5. The second-order valence-corrected chi connectivity index (χ2v) is 4.94. The Morgan fingerprint density at radius 3 is 2.57 bits per heavy atom. The van der Waals surface area contributed by atoms with E-state index in [9.17, 15) is 14.7 Å². The van der Waals surface area contributed by atoms with Crippen LogP contribution in [0.15, 0.2) is 30.3 Å². The number of aliphatic carboxylic acids is 1. The van der Waals surface area contributed by atoms with E-state index in [0.717, 1.165) is 0 Å². The number of nitrogens with zero attached hydrogens (tertiary/aromatic N) is 1. The number of carbonyl (C=O) groups excluding carboxylic acids is 1. The molecular weight excluding hydrogens is 274 g/mol. The van der Waals surface area contributed by atoms with E-state index in [0.29, 0.717) is 18.5 Å². The standard InChI is InChI=1S/C15H19NO5/c1-11(20-2)21-15(14(18)19)9-6-10-16(15)13(17)12-7-4-3-5-8-12/h3-5,7-8,11H,6,9-10H2,1-2H3,(H,18,19). The number of likely N-dealkylation sites (tertiary alicyclic amines) is 1. The molecule has 0 spiro atoms. The van der Waals surface area contributed by atoms with Crippen molar-refractivity contribution in [3.63, 3.8) is 0 Å². The number of carboxylic acid groups (broad SMARTS) is 1. The van der Waals surface area contributed by atoms with E-state index in [2.05, 4.69) is 0 Å². The lowest BCUT2D eigenvalue weighted by Gasteiger charge is -2.36. The van der Waals surface area contributed by atoms with E-state index in [1.54, 1.807) is 37.3 Å². The number of methoxy groups -OCH3 is 1. The van der Waals surface area contributed by atoms with E-state index >= 15 is 0 Å². The Balaban J connectivity index is 2.32. The third kappa shape index (κ3) is 2.91. The molecule has 0 saturated carbocycles. The van der Waals surface area contributed by atoms with Gasteiger partial charge in [0.05, 0.1) is 0 Å². The maximum Gasteiger partial charge on any atom is 0.357 e. The van der Waals surface area contributed by atoms with Gasteiger partial charge >= 0.3 is 5.97 Å². The third-order valence-electron chi connectivity index (χ3n) is 3.63. The Morgan fingerprint density at radius 1 is 1.33 bits per heavy atom. The minimum Gasteiger partial charge on any atom is -0.478 e. The highest BCUT2D eigenvalue weighted by molar-refractivity contribution is 5.97. The summed E-state index contributed by atoms with van der Waals surface area (Å²) in [6, 6.07) is 8.60. The minimum atomic E-state index is -1.66. The van der Waals surface area contributed by atoms with Gasteiger partial charge in [0.15, 0.2) is 6.29 Å². The van der Waals surface area contributed by atoms with Gasteiger partial charge in [-0.15, -0.1) is 0 Å². The van der Waals surface area contributed by atoms with Gasteiger partial charge in [-0.25, -0.2) is 4.79 Å². The van der Waals surface area contributed by atoms with E-state index < -0.39 is 18.0 Å². The molecule has 1 aliphatic rings. The van der Waals surface area contributed by atoms with Crippen LogP contribution in [0.4, 0.5) is 0 Å². The molecule has 1 aromatic carbocycles. The molecule has 0 aliphatic carbocycles. The van der Waals surface area contributed by atoms with Crippen molar-refractivity contribution in [3.8, 4) is 0 Å². The fourth-order valence-electron chi connectivity index (χ4n) is 2.51. The molecule has 6 heteroatoms. The normalized spacial score (nSPS) is 23.0. The molecule has 0 aromatic heterocycles. The van der Waals surface area contributed by atoms with Crippen LogP contribution in [-0.2, 0) is 14.3 Å². The summed E-state index contributed by atoms with van der Waals surface area (Å²) in [5, 5.41) is 9.60. The summed E-state index contributed by atoms with van der Waals surface area (Å²) in [7, 11) is 1.43. The molecule has 0 bridgehead atoms. The van der Waals surface area contributed by atoms with Gasteiger partial charge in [0.1, 0.15) is 0 Å². The zero-order chi connectivity index (χ0) is 15.5. The summed E-state index contributed by atoms with van der Waals surface area (Å²) in [5.74, 6) is -1.52. The fourth-order valence-corrected chi connectivity index (χ4v) is 2.51. The smallest absolute Gasteiger partial charge is 0.357 e. The van der Waals surface area contributed by atoms with E-state index in [1.807, 2.05) is 0 Å².